The van der Waals surface area contributed by atoms with Gasteiger partial charge < -0.3 is 10.2 Å². The number of nitrogens with zero attached hydrogens (tertiary/aromatic N) is 3. The van der Waals surface area contributed by atoms with Crippen molar-refractivity contribution in [3.8, 4) is 0 Å². The monoisotopic (exact) mass is 288 g/mol. The van der Waals surface area contributed by atoms with Gasteiger partial charge in [-0.05, 0) is 37.3 Å². The molecule has 0 radical (unpaired) electrons. The fourth-order valence-corrected chi connectivity index (χ4v) is 2.02. The molecular weight excluding hydrogens is 267 g/mol. The minimum Gasteiger partial charge on any atom is -0.325 e. The molecule has 21 heavy (non-hydrogen) atoms. The summed E-state index contributed by atoms with van der Waals surface area (Å²) in [5.74, 6) is 0.466. The van der Waals surface area contributed by atoms with Crippen LogP contribution < -0.4 is 10.2 Å². The third-order valence-corrected chi connectivity index (χ3v) is 3.11. The normalized spacial score (nSPS) is 10.9. The van der Waals surface area contributed by atoms with Crippen LogP contribution in [0, 0.1) is 5.82 Å². The van der Waals surface area contributed by atoms with Gasteiger partial charge in [0.05, 0.1) is 5.69 Å². The Bertz CT molecular complexity index is 569. The van der Waals surface area contributed by atoms with E-state index in [1.807, 2.05) is 30.0 Å². The highest BCUT2D eigenvalue weighted by Gasteiger charge is 2.10. The molecule has 0 saturated carbocycles. The molecule has 0 amide bonds. The molecule has 0 aliphatic carbocycles. The molecule has 2 rings (SSSR count). The van der Waals surface area contributed by atoms with E-state index in [9.17, 15) is 4.39 Å². The van der Waals surface area contributed by atoms with Gasteiger partial charge in [-0.2, -0.15) is 5.10 Å². The van der Waals surface area contributed by atoms with Gasteiger partial charge in [-0.3, -0.25) is 0 Å². The lowest BCUT2D eigenvalue weighted by Crippen LogP contribution is -2.23. The summed E-state index contributed by atoms with van der Waals surface area (Å²) in [6.07, 6.45) is 0. The first-order chi connectivity index (χ1) is 10.1. The van der Waals surface area contributed by atoms with Gasteiger partial charge in [0.15, 0.2) is 5.82 Å². The summed E-state index contributed by atoms with van der Waals surface area (Å²) in [6.45, 7) is 7.56. The maximum Gasteiger partial charge on any atom is 0.155 e. The van der Waals surface area contributed by atoms with E-state index >= 15 is 0 Å². The average Bonchev–Trinajstić information content (AvgIpc) is 2.47. The van der Waals surface area contributed by atoms with Crippen molar-refractivity contribution in [2.24, 2.45) is 0 Å². The Morgan fingerprint density at radius 3 is 2.57 bits per heavy atom. The molecule has 0 saturated heterocycles. The lowest BCUT2D eigenvalue weighted by Gasteiger charge is -2.21. The third-order valence-electron chi connectivity index (χ3n) is 3.11. The summed E-state index contributed by atoms with van der Waals surface area (Å²) >= 11 is 0. The smallest absolute Gasteiger partial charge is 0.155 e. The van der Waals surface area contributed by atoms with Gasteiger partial charge in [-0.25, -0.2) is 4.39 Å². The Labute approximate surface area is 125 Å². The highest BCUT2D eigenvalue weighted by atomic mass is 19.1. The van der Waals surface area contributed by atoms with Crippen LogP contribution in [-0.4, -0.2) is 22.8 Å². The molecular formula is C16H21FN4. The number of aromatic nitrogens is 2. The molecule has 2 aromatic rings. The highest BCUT2D eigenvalue weighted by molar-refractivity contribution is 5.59. The second kappa shape index (κ2) is 7.13. The van der Waals surface area contributed by atoms with Gasteiger partial charge in [0.25, 0.3) is 0 Å². The highest BCUT2D eigenvalue weighted by Crippen LogP contribution is 2.23. The Morgan fingerprint density at radius 2 is 2.00 bits per heavy atom. The number of hydrogen-bond acceptors (Lipinski definition) is 4. The van der Waals surface area contributed by atoms with Gasteiger partial charge in [-0.1, -0.05) is 19.9 Å². The van der Waals surface area contributed by atoms with Crippen LogP contribution in [0.15, 0.2) is 36.4 Å². The molecule has 0 unspecified atom stereocenters. The van der Waals surface area contributed by atoms with Crippen LogP contribution in [-0.2, 0) is 6.54 Å². The molecule has 0 aliphatic heterocycles. The molecule has 1 aromatic carbocycles. The lowest BCUT2D eigenvalue weighted by molar-refractivity contribution is 0.577. The number of nitrogens with one attached hydrogen (secondary N) is 1. The second-order valence-corrected chi connectivity index (χ2v) is 5.14. The quantitative estimate of drug-likeness (QED) is 0.885. The molecule has 5 heteroatoms. The van der Waals surface area contributed by atoms with Gasteiger partial charge in [0.1, 0.15) is 5.82 Å². The summed E-state index contributed by atoms with van der Waals surface area (Å²) in [4.78, 5) is 1.93. The summed E-state index contributed by atoms with van der Waals surface area (Å²) in [7, 11) is 0. The van der Waals surface area contributed by atoms with E-state index in [4.69, 9.17) is 0 Å². The van der Waals surface area contributed by atoms with Crippen molar-refractivity contribution in [2.75, 3.05) is 11.4 Å². The predicted molar refractivity (Wildman–Crippen MR) is 83.1 cm³/mol. The van der Waals surface area contributed by atoms with E-state index < -0.39 is 0 Å². The Morgan fingerprint density at radius 1 is 1.19 bits per heavy atom. The van der Waals surface area contributed by atoms with Crippen LogP contribution >= 0.6 is 0 Å². The Balaban J connectivity index is 2.15. The first-order valence-electron chi connectivity index (χ1n) is 7.19. The van der Waals surface area contributed by atoms with Crippen LogP contribution in [0.25, 0.3) is 0 Å². The Hall–Kier alpha value is -2.01. The number of anilines is 2. The zero-order valence-electron chi connectivity index (χ0n) is 12.7. The van der Waals surface area contributed by atoms with Crippen molar-refractivity contribution in [2.45, 2.75) is 33.4 Å². The van der Waals surface area contributed by atoms with E-state index in [2.05, 4.69) is 29.4 Å². The zero-order chi connectivity index (χ0) is 15.2. The topological polar surface area (TPSA) is 41.0 Å². The first kappa shape index (κ1) is 15.4. The molecule has 0 atom stereocenters. The zero-order valence-corrected chi connectivity index (χ0v) is 12.7. The summed E-state index contributed by atoms with van der Waals surface area (Å²) < 4.78 is 13.3. The van der Waals surface area contributed by atoms with Crippen molar-refractivity contribution in [1.82, 2.24) is 15.5 Å². The van der Waals surface area contributed by atoms with E-state index in [0.29, 0.717) is 19.1 Å². The van der Waals surface area contributed by atoms with Gasteiger partial charge >= 0.3 is 0 Å². The molecule has 1 aromatic heterocycles. The number of halogens is 1. The minimum atomic E-state index is -0.253. The minimum absolute atomic E-state index is 0.253. The third kappa shape index (κ3) is 4.23. The van der Waals surface area contributed by atoms with Gasteiger partial charge in [0.2, 0.25) is 0 Å². The van der Waals surface area contributed by atoms with Crippen molar-refractivity contribution < 1.29 is 4.39 Å². The van der Waals surface area contributed by atoms with Crippen LogP contribution in [0.2, 0.25) is 0 Å². The van der Waals surface area contributed by atoms with Crippen molar-refractivity contribution in [3.63, 3.8) is 0 Å². The number of rotatable bonds is 6. The van der Waals surface area contributed by atoms with E-state index in [-0.39, 0.29) is 5.82 Å². The van der Waals surface area contributed by atoms with Crippen LogP contribution in [0.1, 0.15) is 26.5 Å². The molecule has 0 fully saturated rings. The molecule has 0 aliphatic rings. The first-order valence-corrected chi connectivity index (χ1v) is 7.19. The summed E-state index contributed by atoms with van der Waals surface area (Å²) in [5.41, 5.74) is 1.67. The largest absolute Gasteiger partial charge is 0.325 e. The lowest BCUT2D eigenvalue weighted by atomic mass is 10.2. The van der Waals surface area contributed by atoms with Crippen LogP contribution in [0.5, 0.6) is 0 Å². The predicted octanol–water partition coefficient (Wildman–Crippen LogP) is 3.27. The summed E-state index contributed by atoms with van der Waals surface area (Å²) in [5, 5.41) is 11.8. The maximum atomic E-state index is 13.3. The molecule has 112 valence electrons. The molecule has 4 nitrogen and oxygen atoms in total. The van der Waals surface area contributed by atoms with E-state index in [1.54, 1.807) is 6.07 Å². The van der Waals surface area contributed by atoms with Crippen molar-refractivity contribution in [3.05, 3.63) is 47.9 Å². The number of hydrogen-bond donors (Lipinski definition) is 1. The van der Waals surface area contributed by atoms with Crippen molar-refractivity contribution >= 4 is 11.5 Å². The average molecular weight is 288 g/mol. The van der Waals surface area contributed by atoms with Gasteiger partial charge in [-0.15, -0.1) is 5.10 Å². The summed E-state index contributed by atoms with van der Waals surface area (Å²) in [6, 6.07) is 10.8. The second-order valence-electron chi connectivity index (χ2n) is 5.14. The number of benzene rings is 1. The van der Waals surface area contributed by atoms with Crippen LogP contribution in [0.3, 0.4) is 0 Å². The molecule has 0 bridgehead atoms. The van der Waals surface area contributed by atoms with Crippen LogP contribution in [0.4, 0.5) is 15.9 Å². The fraction of sp³-hybridized carbons (Fsp3) is 0.375. The maximum absolute atomic E-state index is 13.3. The van der Waals surface area contributed by atoms with E-state index in [1.165, 1.54) is 12.1 Å². The fourth-order valence-electron chi connectivity index (χ4n) is 2.02. The van der Waals surface area contributed by atoms with Gasteiger partial charge in [0, 0.05) is 24.8 Å². The standard InChI is InChI=1S/C16H21FN4/c1-4-21(15-7-5-6-13(17)10-15)16-9-8-14(19-20-16)11-18-12(2)3/h5-10,12,18H,4,11H2,1-3H3. The molecule has 0 spiro atoms. The Kier molecular flexibility index (Phi) is 5.22. The molecule has 1 heterocycles. The van der Waals surface area contributed by atoms with Crippen molar-refractivity contribution in [1.29, 1.82) is 0 Å². The molecule has 1 N–H and O–H groups in total. The van der Waals surface area contributed by atoms with E-state index in [0.717, 1.165) is 17.2 Å². The SMILES string of the molecule is CCN(c1cccc(F)c1)c1ccc(CNC(C)C)nn1.